The Bertz CT molecular complexity index is 903. The van der Waals surface area contributed by atoms with Crippen LogP contribution in [0.15, 0.2) is 46.7 Å². The zero-order chi connectivity index (χ0) is 22.3. The van der Waals surface area contributed by atoms with Crippen LogP contribution in [0.5, 0.6) is 5.75 Å². The fourth-order valence-electron chi connectivity index (χ4n) is 3.07. The summed E-state index contributed by atoms with van der Waals surface area (Å²) in [7, 11) is 3.05. The molecule has 2 atom stereocenters. The molecule has 0 aliphatic heterocycles. The van der Waals surface area contributed by atoms with E-state index in [2.05, 4.69) is 5.32 Å². The van der Waals surface area contributed by atoms with Crippen LogP contribution in [0.1, 0.15) is 18.7 Å². The molecule has 3 N–H and O–H groups in total. The maximum Gasteiger partial charge on any atom is 0.243 e. The Morgan fingerprint density at radius 3 is 2.40 bits per heavy atom. The Morgan fingerprint density at radius 2 is 1.90 bits per heavy atom. The van der Waals surface area contributed by atoms with E-state index in [-0.39, 0.29) is 23.9 Å². The summed E-state index contributed by atoms with van der Waals surface area (Å²) in [6.07, 6.45) is 0.501. The van der Waals surface area contributed by atoms with E-state index in [1.807, 2.05) is 31.4 Å². The highest BCUT2D eigenvalue weighted by Gasteiger charge is 2.30. The van der Waals surface area contributed by atoms with Crippen molar-refractivity contribution < 1.29 is 17.9 Å². The van der Waals surface area contributed by atoms with Crippen LogP contribution in [0.2, 0.25) is 0 Å². The zero-order valence-corrected chi connectivity index (χ0v) is 19.1. The van der Waals surface area contributed by atoms with Gasteiger partial charge in [-0.05, 0) is 48.1 Å². The van der Waals surface area contributed by atoms with E-state index in [0.717, 1.165) is 4.88 Å². The van der Waals surface area contributed by atoms with E-state index in [1.165, 1.54) is 23.5 Å². The first-order valence-electron chi connectivity index (χ1n) is 9.61. The molecule has 2 aromatic rings. The molecule has 0 unspecified atom stereocenters. The molecular weight excluding hydrogens is 421 g/mol. The van der Waals surface area contributed by atoms with Gasteiger partial charge in [0.25, 0.3) is 0 Å². The minimum Gasteiger partial charge on any atom is -0.497 e. The number of nitrogens with two attached hydrogens (primary N) is 1. The summed E-state index contributed by atoms with van der Waals surface area (Å²) >= 11 is 1.56. The molecule has 2 rings (SSSR count). The van der Waals surface area contributed by atoms with Crippen LogP contribution in [0.3, 0.4) is 0 Å². The van der Waals surface area contributed by atoms with Crippen molar-refractivity contribution in [3.63, 3.8) is 0 Å². The number of hydrogen-bond acceptors (Lipinski definition) is 6. The second-order valence-electron chi connectivity index (χ2n) is 7.45. The molecule has 0 spiro atoms. The molecule has 30 heavy (non-hydrogen) atoms. The van der Waals surface area contributed by atoms with Gasteiger partial charge in [0.2, 0.25) is 17.9 Å². The summed E-state index contributed by atoms with van der Waals surface area (Å²) in [6, 6.07) is 8.93. The Kier molecular flexibility index (Phi) is 8.90. The van der Waals surface area contributed by atoms with Crippen molar-refractivity contribution in [3.05, 3.63) is 46.7 Å². The third-order valence-corrected chi connectivity index (χ3v) is 7.27. The second-order valence-corrected chi connectivity index (χ2v) is 10.4. The number of hydrogen-bond donors (Lipinski definition) is 2. The van der Waals surface area contributed by atoms with Crippen LogP contribution < -0.4 is 15.8 Å². The summed E-state index contributed by atoms with van der Waals surface area (Å²) < 4.78 is 33.1. The molecule has 0 bridgehead atoms. The summed E-state index contributed by atoms with van der Waals surface area (Å²) in [6.45, 7) is 4.15. The van der Waals surface area contributed by atoms with Gasteiger partial charge >= 0.3 is 0 Å². The minimum absolute atomic E-state index is 0.0159. The number of amides is 1. The smallest absolute Gasteiger partial charge is 0.243 e. The monoisotopic (exact) mass is 449 g/mol. The van der Waals surface area contributed by atoms with Crippen molar-refractivity contribution in [2.24, 2.45) is 11.7 Å². The van der Waals surface area contributed by atoms with Gasteiger partial charge in [0.1, 0.15) is 5.75 Å². The number of carbonyl (C=O) groups is 1. The van der Waals surface area contributed by atoms with Crippen molar-refractivity contribution in [1.29, 1.82) is 0 Å². The SMILES string of the molecule is [B]C(=O)N[C@H](CN(CC(C)C)S(=O)(=O)c1ccc(OC)cc1)[C@@H](N)Cc1cccs1. The fourth-order valence-corrected chi connectivity index (χ4v) is 5.48. The van der Waals surface area contributed by atoms with Crippen molar-refractivity contribution in [3.8, 4) is 5.75 Å². The quantitative estimate of drug-likeness (QED) is 0.513. The number of benzene rings is 1. The van der Waals surface area contributed by atoms with Gasteiger partial charge in [-0.25, -0.2) is 8.42 Å². The molecule has 0 aliphatic carbocycles. The molecule has 1 heterocycles. The van der Waals surface area contributed by atoms with Gasteiger partial charge in [0.05, 0.1) is 18.0 Å². The lowest BCUT2D eigenvalue weighted by Gasteiger charge is -2.32. The topological polar surface area (TPSA) is 102 Å². The van der Waals surface area contributed by atoms with Crippen molar-refractivity contribution >= 4 is 35.0 Å². The number of nitrogens with one attached hydrogen (secondary N) is 1. The minimum atomic E-state index is -3.81. The van der Waals surface area contributed by atoms with Gasteiger partial charge in [0, 0.05) is 24.0 Å². The van der Waals surface area contributed by atoms with Crippen molar-refractivity contribution in [2.45, 2.75) is 37.2 Å². The first-order valence-corrected chi connectivity index (χ1v) is 11.9. The number of nitrogens with zero attached hydrogens (tertiary/aromatic N) is 1. The molecule has 0 aliphatic rings. The summed E-state index contributed by atoms with van der Waals surface area (Å²) in [5.74, 6) is -0.107. The van der Waals surface area contributed by atoms with Crippen LogP contribution in [-0.4, -0.2) is 58.7 Å². The Hall–Kier alpha value is -1.88. The number of carbonyl (C=O) groups excluding carboxylic acids is 1. The summed E-state index contributed by atoms with van der Waals surface area (Å²) in [5.41, 5.74) is 6.35. The average molecular weight is 449 g/mol. The van der Waals surface area contributed by atoms with Crippen LogP contribution in [0.4, 0.5) is 4.79 Å². The predicted octanol–water partition coefficient (Wildman–Crippen LogP) is 2.22. The molecule has 7 nitrogen and oxygen atoms in total. The fraction of sp³-hybridized carbons (Fsp3) is 0.450. The lowest BCUT2D eigenvalue weighted by atomic mass is 10.0. The van der Waals surface area contributed by atoms with Gasteiger partial charge in [0.15, 0.2) is 5.81 Å². The number of rotatable bonds is 11. The molecule has 10 heteroatoms. The molecule has 1 amide bonds. The standard InChI is InChI=1S/C20H28BN3O4S2/c1-14(2)12-24(30(26,27)17-8-6-15(28-3)7-9-17)13-19(23-20(21)25)18(22)11-16-5-4-10-29-16/h4-10,14,18-19H,11-13,22H2,1-3H3,(H,23,25)/t18-,19+/m0/s1. The van der Waals surface area contributed by atoms with Crippen LogP contribution in [-0.2, 0) is 16.4 Å². The first-order chi connectivity index (χ1) is 14.1. The Morgan fingerprint density at radius 1 is 1.23 bits per heavy atom. The maximum absolute atomic E-state index is 13.3. The lowest BCUT2D eigenvalue weighted by Crippen LogP contribution is -2.55. The maximum atomic E-state index is 13.3. The molecule has 1 aromatic heterocycles. The normalized spacial score (nSPS) is 13.9. The van der Waals surface area contributed by atoms with Gasteiger partial charge in [-0.1, -0.05) is 19.9 Å². The van der Waals surface area contributed by atoms with E-state index in [0.29, 0.717) is 12.2 Å². The second kappa shape index (κ2) is 10.9. The van der Waals surface area contributed by atoms with Crippen LogP contribution in [0, 0.1) is 5.92 Å². The van der Waals surface area contributed by atoms with Crippen LogP contribution in [0.25, 0.3) is 0 Å². The molecule has 0 saturated heterocycles. The average Bonchev–Trinajstić information content (AvgIpc) is 3.19. The van der Waals surface area contributed by atoms with Crippen molar-refractivity contribution in [1.82, 2.24) is 9.62 Å². The summed E-state index contributed by atoms with van der Waals surface area (Å²) in [5, 5.41) is 4.57. The van der Waals surface area contributed by atoms with E-state index >= 15 is 0 Å². The van der Waals surface area contributed by atoms with Crippen LogP contribution >= 0.6 is 11.3 Å². The van der Waals surface area contributed by atoms with E-state index in [9.17, 15) is 13.2 Å². The molecule has 1 aromatic carbocycles. The largest absolute Gasteiger partial charge is 0.497 e. The lowest BCUT2D eigenvalue weighted by molar-refractivity contribution is 0.247. The highest BCUT2D eigenvalue weighted by molar-refractivity contribution is 7.89. The molecule has 0 saturated carbocycles. The number of thiophene rings is 1. The van der Waals surface area contributed by atoms with Gasteiger partial charge in [-0.2, -0.15) is 4.31 Å². The molecular formula is C20H28BN3O4S2. The zero-order valence-electron chi connectivity index (χ0n) is 17.4. The highest BCUT2D eigenvalue weighted by atomic mass is 32.2. The van der Waals surface area contributed by atoms with Gasteiger partial charge < -0.3 is 15.8 Å². The highest BCUT2D eigenvalue weighted by Crippen LogP contribution is 2.21. The van der Waals surface area contributed by atoms with E-state index in [1.54, 1.807) is 23.5 Å². The third kappa shape index (κ3) is 6.83. The summed E-state index contributed by atoms with van der Waals surface area (Å²) in [4.78, 5) is 12.8. The Balaban J connectivity index is 2.30. The van der Waals surface area contributed by atoms with E-state index in [4.69, 9.17) is 18.3 Å². The van der Waals surface area contributed by atoms with E-state index < -0.39 is 27.9 Å². The number of ether oxygens (including phenoxy) is 1. The number of sulfonamides is 1. The molecule has 162 valence electrons. The van der Waals surface area contributed by atoms with Gasteiger partial charge in [-0.3, -0.25) is 4.79 Å². The first kappa shape index (κ1) is 24.4. The molecule has 0 fully saturated rings. The predicted molar refractivity (Wildman–Crippen MR) is 121 cm³/mol. The van der Waals surface area contributed by atoms with Crippen molar-refractivity contribution in [2.75, 3.05) is 20.2 Å². The molecule has 2 radical (unpaired) electrons. The third-order valence-electron chi connectivity index (χ3n) is 4.53. The number of methoxy groups -OCH3 is 1. The van der Waals surface area contributed by atoms with Gasteiger partial charge in [-0.15, -0.1) is 11.3 Å². The Labute approximate surface area is 184 Å².